The second-order valence-corrected chi connectivity index (χ2v) is 17.5. The molecule has 3 aliphatic heterocycles. The number of rotatable bonds is 14. The van der Waals surface area contributed by atoms with E-state index in [1.165, 1.54) is 5.56 Å². The van der Waals surface area contributed by atoms with Crippen molar-refractivity contribution >= 4 is 33.7 Å². The molecule has 12 heteroatoms. The number of hydrogen-bond donors (Lipinski definition) is 1. The first-order chi connectivity index (χ1) is 30.5. The Kier molecular flexibility index (Phi) is 15.1. The maximum atomic E-state index is 13.2. The van der Waals surface area contributed by atoms with E-state index in [1.54, 1.807) is 12.1 Å². The number of aryl methyl sites for hydroxylation is 4. The number of carbonyl (C=O) groups is 2. The Morgan fingerprint density at radius 3 is 1.65 bits per heavy atom. The van der Waals surface area contributed by atoms with Gasteiger partial charge < -0.3 is 33.4 Å². The number of carbonyl (C=O) groups excluding carboxylic acids is 2. The third kappa shape index (κ3) is 10.8. The molecule has 2 fully saturated rings. The van der Waals surface area contributed by atoms with Gasteiger partial charge >= 0.3 is 11.9 Å². The fourth-order valence-corrected chi connectivity index (χ4v) is 9.58. The van der Waals surface area contributed by atoms with Gasteiger partial charge in [0.05, 0.1) is 35.1 Å². The number of nitrogens with one attached hydrogen (secondary N) is 1. The molecule has 0 saturated carbocycles. The van der Waals surface area contributed by atoms with Crippen molar-refractivity contribution in [3.63, 3.8) is 0 Å². The van der Waals surface area contributed by atoms with Gasteiger partial charge in [-0.3, -0.25) is 24.1 Å². The van der Waals surface area contributed by atoms with Gasteiger partial charge in [-0.1, -0.05) is 30.3 Å². The highest BCUT2D eigenvalue weighted by molar-refractivity contribution is 5.81. The van der Waals surface area contributed by atoms with Gasteiger partial charge in [0.2, 0.25) is 0 Å². The summed E-state index contributed by atoms with van der Waals surface area (Å²) >= 11 is 0. The molecule has 0 aliphatic carbocycles. The zero-order valence-electron chi connectivity index (χ0n) is 37.5. The third-order valence-corrected chi connectivity index (χ3v) is 13.2. The predicted octanol–water partition coefficient (Wildman–Crippen LogP) is 7.73. The Morgan fingerprint density at radius 2 is 1.13 bits per heavy atom. The van der Waals surface area contributed by atoms with E-state index in [9.17, 15) is 19.2 Å². The van der Waals surface area contributed by atoms with E-state index >= 15 is 0 Å². The summed E-state index contributed by atoms with van der Waals surface area (Å²) in [5.41, 5.74) is 4.45. The van der Waals surface area contributed by atoms with Crippen LogP contribution in [0, 0.1) is 24.7 Å². The summed E-state index contributed by atoms with van der Waals surface area (Å²) in [5.74, 6) is 1.42. The Morgan fingerprint density at radius 1 is 0.635 bits per heavy atom. The number of likely N-dealkylation sites (tertiary alicyclic amines) is 1. The minimum absolute atomic E-state index is 0.00228. The molecule has 5 heterocycles. The molecule has 63 heavy (non-hydrogen) atoms. The molecule has 2 saturated heterocycles. The van der Waals surface area contributed by atoms with E-state index < -0.39 is 10.8 Å². The maximum Gasteiger partial charge on any atom is 0.312 e. The second kappa shape index (κ2) is 20.8. The first kappa shape index (κ1) is 45.6. The Hall–Kier alpha value is -5.46. The molecule has 3 aliphatic rings. The van der Waals surface area contributed by atoms with Crippen molar-refractivity contribution < 1.29 is 28.5 Å². The number of aromatic nitrogens is 2. The molecule has 336 valence electrons. The quantitative estimate of drug-likeness (QED) is 0.111. The zero-order chi connectivity index (χ0) is 44.4. The van der Waals surface area contributed by atoms with Crippen LogP contribution in [0.2, 0.25) is 0 Å². The van der Waals surface area contributed by atoms with Gasteiger partial charge in [-0.25, -0.2) is 0 Å². The molecular weight excluding hydrogens is 797 g/mol. The van der Waals surface area contributed by atoms with Crippen LogP contribution in [0.15, 0.2) is 88.5 Å². The van der Waals surface area contributed by atoms with E-state index in [-0.39, 0.29) is 23.1 Å². The van der Waals surface area contributed by atoms with Crippen molar-refractivity contribution in [3.8, 4) is 11.5 Å². The van der Waals surface area contributed by atoms with E-state index in [0.717, 1.165) is 122 Å². The Bertz CT molecular complexity index is 2500. The minimum Gasteiger partial charge on any atom is -0.486 e. The topological polar surface area (TPSA) is 130 Å². The lowest BCUT2D eigenvalue weighted by molar-refractivity contribution is -0.159. The summed E-state index contributed by atoms with van der Waals surface area (Å²) in [7, 11) is 0. The number of piperidine rings is 2. The lowest BCUT2D eigenvalue weighted by atomic mass is 9.74. The van der Waals surface area contributed by atoms with E-state index in [4.69, 9.17) is 18.9 Å². The second-order valence-electron chi connectivity index (χ2n) is 17.5. The maximum absolute atomic E-state index is 13.2. The average Bonchev–Trinajstić information content (AvgIpc) is 3.29. The van der Waals surface area contributed by atoms with Crippen LogP contribution in [0.3, 0.4) is 0 Å². The lowest BCUT2D eigenvalue weighted by Gasteiger charge is -2.40. The summed E-state index contributed by atoms with van der Waals surface area (Å²) in [4.78, 5) is 53.2. The van der Waals surface area contributed by atoms with E-state index in [1.807, 2.05) is 61.1 Å². The number of benzene rings is 3. The van der Waals surface area contributed by atoms with Gasteiger partial charge in [-0.05, 0) is 169 Å². The first-order valence-electron chi connectivity index (χ1n) is 22.9. The molecule has 8 rings (SSSR count). The van der Waals surface area contributed by atoms with Crippen molar-refractivity contribution in [1.82, 2.24) is 19.4 Å². The van der Waals surface area contributed by atoms with Crippen LogP contribution in [0.1, 0.15) is 81.9 Å². The standard InChI is InChI=1S/C30H36N2O5.C21H28N2O3/c1-3-35-29(34)30(11-4-14-32-25-19-22(2)5-7-24(25)8-10-28(32)33)12-15-31(16-13-30)21-23-6-9-26-27(20-23)37-18-17-36-26;1-3-26-20(25)21(10-12-22-13-11-21)9-4-14-23-18-15-16(2)5-6-17(18)7-8-19(23)24/h5-10,19-20H,3-4,11-18,21H2,1-2H3;5-8,15,22H,3-4,9-14H2,1-2H3. The Labute approximate surface area is 370 Å². The fraction of sp³-hybridized carbons (Fsp3) is 0.490. The Balaban J connectivity index is 0.000000201. The monoisotopic (exact) mass is 860 g/mol. The molecule has 5 aromatic rings. The van der Waals surface area contributed by atoms with Crippen molar-refractivity contribution in [2.45, 2.75) is 98.7 Å². The minimum atomic E-state index is -0.510. The van der Waals surface area contributed by atoms with Crippen molar-refractivity contribution in [2.75, 3.05) is 52.6 Å². The van der Waals surface area contributed by atoms with Crippen molar-refractivity contribution in [3.05, 3.63) is 116 Å². The average molecular weight is 861 g/mol. The molecule has 12 nitrogen and oxygen atoms in total. The first-order valence-corrected chi connectivity index (χ1v) is 22.9. The van der Waals surface area contributed by atoms with Gasteiger partial charge in [0.1, 0.15) is 13.2 Å². The van der Waals surface area contributed by atoms with Crippen LogP contribution in [0.25, 0.3) is 21.8 Å². The molecule has 0 atom stereocenters. The molecule has 0 spiro atoms. The van der Waals surface area contributed by atoms with Crippen molar-refractivity contribution in [1.29, 1.82) is 0 Å². The van der Waals surface area contributed by atoms with Crippen LogP contribution < -0.4 is 25.9 Å². The largest absolute Gasteiger partial charge is 0.486 e. The van der Waals surface area contributed by atoms with E-state index in [2.05, 4.69) is 52.7 Å². The van der Waals surface area contributed by atoms with Crippen molar-refractivity contribution in [2.24, 2.45) is 10.8 Å². The van der Waals surface area contributed by atoms with Gasteiger partial charge in [0.15, 0.2) is 11.5 Å². The van der Waals surface area contributed by atoms with Crippen LogP contribution >= 0.6 is 0 Å². The van der Waals surface area contributed by atoms with Gasteiger partial charge in [-0.2, -0.15) is 0 Å². The summed E-state index contributed by atoms with van der Waals surface area (Å²) < 4.78 is 26.0. The molecule has 0 amide bonds. The zero-order valence-corrected chi connectivity index (χ0v) is 37.5. The molecular formula is C51H64N4O8. The number of esters is 2. The van der Waals surface area contributed by atoms with Crippen LogP contribution in [-0.4, -0.2) is 78.6 Å². The molecule has 1 N–H and O–H groups in total. The predicted molar refractivity (Wildman–Crippen MR) is 247 cm³/mol. The third-order valence-electron chi connectivity index (χ3n) is 13.2. The number of pyridine rings is 2. The van der Waals surface area contributed by atoms with Crippen LogP contribution in [0.5, 0.6) is 11.5 Å². The highest BCUT2D eigenvalue weighted by Crippen LogP contribution is 2.39. The highest BCUT2D eigenvalue weighted by Gasteiger charge is 2.42. The van der Waals surface area contributed by atoms with Gasteiger partial charge in [0.25, 0.3) is 11.1 Å². The highest BCUT2D eigenvalue weighted by atomic mass is 16.6. The summed E-state index contributed by atoms with van der Waals surface area (Å²) in [6.45, 7) is 15.1. The number of ether oxygens (including phenoxy) is 4. The van der Waals surface area contributed by atoms with E-state index in [0.29, 0.717) is 45.9 Å². The normalized spacial score (nSPS) is 16.8. The molecule has 2 aromatic heterocycles. The van der Waals surface area contributed by atoms with Gasteiger partial charge in [0, 0.05) is 31.8 Å². The summed E-state index contributed by atoms with van der Waals surface area (Å²) in [6.07, 6.45) is 6.09. The molecule has 0 bridgehead atoms. The SMILES string of the molecule is CCOC(=O)C1(CCCn2c(=O)ccc3ccc(C)cc32)CCN(Cc2ccc3c(c2)OCCO3)CC1.CCOC(=O)C1(CCCn2c(=O)ccc3ccc(C)cc32)CCNCC1. The fourth-order valence-electron chi connectivity index (χ4n) is 9.58. The summed E-state index contributed by atoms with van der Waals surface area (Å²) in [6, 6.07) is 25.5. The number of hydrogen-bond acceptors (Lipinski definition) is 10. The smallest absolute Gasteiger partial charge is 0.312 e. The van der Waals surface area contributed by atoms with Gasteiger partial charge in [-0.15, -0.1) is 0 Å². The summed E-state index contributed by atoms with van der Waals surface area (Å²) in [5, 5.41) is 5.44. The number of nitrogens with zero attached hydrogens (tertiary/aromatic N) is 3. The molecule has 0 unspecified atom stereocenters. The van der Waals surface area contributed by atoms with Crippen LogP contribution in [-0.2, 0) is 38.7 Å². The van der Waals surface area contributed by atoms with Crippen LogP contribution in [0.4, 0.5) is 0 Å². The molecule has 0 radical (unpaired) electrons. The molecule has 3 aromatic carbocycles. The number of fused-ring (bicyclic) bond motifs is 3. The lowest BCUT2D eigenvalue weighted by Crippen LogP contribution is -2.45.